The average Bonchev–Trinajstić information content (AvgIpc) is 2.68. The highest BCUT2D eigenvalue weighted by molar-refractivity contribution is 5.85. The number of fused-ring (bicyclic) bond motifs is 2. The van der Waals surface area contributed by atoms with E-state index in [2.05, 4.69) is 15.2 Å². The molecular weight excluding hydrogens is 291 g/mol. The fourth-order valence-electron chi connectivity index (χ4n) is 2.68. The van der Waals surface area contributed by atoms with Crippen LogP contribution in [0.4, 0.5) is 11.5 Å². The van der Waals surface area contributed by atoms with Crippen LogP contribution in [0.3, 0.4) is 0 Å². The molecule has 6 nitrogen and oxygen atoms in total. The summed E-state index contributed by atoms with van der Waals surface area (Å²) in [5, 5.41) is 14.1. The molecule has 2 aliphatic rings. The summed E-state index contributed by atoms with van der Waals surface area (Å²) >= 11 is 0. The number of anilines is 1. The summed E-state index contributed by atoms with van der Waals surface area (Å²) in [5.41, 5.74) is 0.981. The minimum absolute atomic E-state index is 0. The molecule has 0 saturated carbocycles. The molecule has 2 bridgehead atoms. The second-order valence-electron chi connectivity index (χ2n) is 4.67. The molecule has 2 fully saturated rings. The summed E-state index contributed by atoms with van der Waals surface area (Å²) in [5.74, 6) is -0.0909. The first-order valence-corrected chi connectivity index (χ1v) is 5.84. The molecule has 19 heavy (non-hydrogen) atoms. The summed E-state index contributed by atoms with van der Waals surface area (Å²) in [4.78, 5) is 16.2. The van der Waals surface area contributed by atoms with Crippen molar-refractivity contribution in [2.75, 3.05) is 18.0 Å². The van der Waals surface area contributed by atoms with Crippen LogP contribution in [-0.4, -0.2) is 35.1 Å². The standard InChI is InChI=1S/C11H14N4O2.2ClH/c16-15(17)11-4-3-10(5-12-11)14-6-8-1-2-9(7-14)13-8;;/h3-5,8-9,13H,1-2,6-7H2;2*1H. The Morgan fingerprint density at radius 3 is 2.37 bits per heavy atom. The van der Waals surface area contributed by atoms with Gasteiger partial charge in [0.05, 0.1) is 5.69 Å². The quantitative estimate of drug-likeness (QED) is 0.666. The van der Waals surface area contributed by atoms with E-state index in [1.807, 2.05) is 0 Å². The van der Waals surface area contributed by atoms with E-state index >= 15 is 0 Å². The van der Waals surface area contributed by atoms with Crippen LogP contribution >= 0.6 is 24.8 Å². The van der Waals surface area contributed by atoms with Crippen molar-refractivity contribution in [1.82, 2.24) is 10.3 Å². The van der Waals surface area contributed by atoms with Gasteiger partial charge in [-0.1, -0.05) is 0 Å². The number of nitrogens with zero attached hydrogens (tertiary/aromatic N) is 3. The minimum Gasteiger partial charge on any atom is -0.365 e. The van der Waals surface area contributed by atoms with E-state index in [0.29, 0.717) is 12.1 Å². The fraction of sp³-hybridized carbons (Fsp3) is 0.545. The molecule has 0 aliphatic carbocycles. The van der Waals surface area contributed by atoms with Crippen molar-refractivity contribution in [2.45, 2.75) is 24.9 Å². The normalized spacial score (nSPS) is 24.3. The molecule has 2 aliphatic heterocycles. The molecule has 0 aromatic carbocycles. The van der Waals surface area contributed by atoms with E-state index in [1.54, 1.807) is 12.3 Å². The van der Waals surface area contributed by atoms with Crippen LogP contribution in [0.5, 0.6) is 0 Å². The third kappa shape index (κ3) is 3.26. The summed E-state index contributed by atoms with van der Waals surface area (Å²) in [7, 11) is 0. The molecule has 3 rings (SSSR count). The Bertz CT molecular complexity index is 431. The first-order chi connectivity index (χ1) is 8.22. The van der Waals surface area contributed by atoms with Gasteiger partial charge in [0.15, 0.2) is 6.20 Å². The number of rotatable bonds is 2. The second kappa shape index (κ2) is 6.36. The maximum Gasteiger partial charge on any atom is 0.363 e. The number of nitro groups is 1. The first-order valence-electron chi connectivity index (χ1n) is 5.84. The number of halogens is 2. The van der Waals surface area contributed by atoms with Crippen LogP contribution in [-0.2, 0) is 0 Å². The largest absolute Gasteiger partial charge is 0.365 e. The minimum atomic E-state index is -0.467. The predicted molar refractivity (Wildman–Crippen MR) is 77.5 cm³/mol. The molecule has 3 heterocycles. The Morgan fingerprint density at radius 1 is 1.26 bits per heavy atom. The molecule has 8 heteroatoms. The molecule has 1 aromatic heterocycles. The summed E-state index contributed by atoms with van der Waals surface area (Å²) < 4.78 is 0. The number of hydrogen-bond acceptors (Lipinski definition) is 5. The molecule has 1 N–H and O–H groups in total. The van der Waals surface area contributed by atoms with Crippen molar-refractivity contribution in [2.24, 2.45) is 0 Å². The zero-order valence-electron chi connectivity index (χ0n) is 10.2. The number of aromatic nitrogens is 1. The SMILES string of the molecule is Cl.Cl.O=[N+]([O-])c1ccc(N2CC3CCC(C2)N3)cn1. The lowest BCUT2D eigenvalue weighted by Gasteiger charge is -2.33. The van der Waals surface area contributed by atoms with Gasteiger partial charge in [-0.05, 0) is 28.8 Å². The summed E-state index contributed by atoms with van der Waals surface area (Å²) in [6.07, 6.45) is 4.05. The van der Waals surface area contributed by atoms with Gasteiger partial charge in [0.25, 0.3) is 0 Å². The smallest absolute Gasteiger partial charge is 0.363 e. The average molecular weight is 307 g/mol. The predicted octanol–water partition coefficient (Wildman–Crippen LogP) is 1.77. The van der Waals surface area contributed by atoms with Crippen molar-refractivity contribution in [3.8, 4) is 0 Å². The van der Waals surface area contributed by atoms with Crippen molar-refractivity contribution in [3.05, 3.63) is 28.4 Å². The van der Waals surface area contributed by atoms with Crippen LogP contribution in [0, 0.1) is 10.1 Å². The van der Waals surface area contributed by atoms with Gasteiger partial charge in [0, 0.05) is 31.2 Å². The van der Waals surface area contributed by atoms with E-state index in [4.69, 9.17) is 0 Å². The van der Waals surface area contributed by atoms with Crippen LogP contribution in [0.25, 0.3) is 0 Å². The monoisotopic (exact) mass is 306 g/mol. The Labute approximate surface area is 123 Å². The highest BCUT2D eigenvalue weighted by atomic mass is 35.5. The lowest BCUT2D eigenvalue weighted by Crippen LogP contribution is -2.51. The molecule has 0 radical (unpaired) electrons. The molecule has 106 valence electrons. The van der Waals surface area contributed by atoms with Crippen LogP contribution in [0.2, 0.25) is 0 Å². The van der Waals surface area contributed by atoms with Crippen LogP contribution in [0.1, 0.15) is 12.8 Å². The van der Waals surface area contributed by atoms with Gasteiger partial charge in [-0.15, -0.1) is 24.8 Å². The Morgan fingerprint density at radius 2 is 1.89 bits per heavy atom. The topological polar surface area (TPSA) is 71.3 Å². The number of piperazine rings is 1. The molecular formula is C11H16Cl2N4O2. The highest BCUT2D eigenvalue weighted by Gasteiger charge is 2.32. The number of hydrogen-bond donors (Lipinski definition) is 1. The van der Waals surface area contributed by atoms with E-state index in [-0.39, 0.29) is 30.6 Å². The molecule has 0 spiro atoms. The van der Waals surface area contributed by atoms with E-state index < -0.39 is 4.92 Å². The second-order valence-corrected chi connectivity index (χ2v) is 4.67. The maximum absolute atomic E-state index is 10.5. The van der Waals surface area contributed by atoms with Crippen LogP contribution < -0.4 is 10.2 Å². The van der Waals surface area contributed by atoms with E-state index in [9.17, 15) is 10.1 Å². The zero-order chi connectivity index (χ0) is 11.8. The van der Waals surface area contributed by atoms with Gasteiger partial charge in [-0.3, -0.25) is 0 Å². The van der Waals surface area contributed by atoms with Crippen molar-refractivity contribution in [3.63, 3.8) is 0 Å². The molecule has 2 saturated heterocycles. The zero-order valence-corrected chi connectivity index (χ0v) is 11.8. The van der Waals surface area contributed by atoms with Gasteiger partial charge >= 0.3 is 5.82 Å². The molecule has 2 unspecified atom stereocenters. The first kappa shape index (κ1) is 15.9. The molecule has 0 amide bonds. The van der Waals surface area contributed by atoms with Crippen molar-refractivity contribution >= 4 is 36.3 Å². The van der Waals surface area contributed by atoms with E-state index in [0.717, 1.165) is 18.8 Å². The van der Waals surface area contributed by atoms with Crippen molar-refractivity contribution in [1.29, 1.82) is 0 Å². The third-order valence-corrected chi connectivity index (χ3v) is 3.50. The molecule has 2 atom stereocenters. The summed E-state index contributed by atoms with van der Waals surface area (Å²) in [6, 6.07) is 4.38. The summed E-state index contributed by atoms with van der Waals surface area (Å²) in [6.45, 7) is 1.94. The van der Waals surface area contributed by atoms with Crippen molar-refractivity contribution < 1.29 is 4.92 Å². The fourth-order valence-corrected chi connectivity index (χ4v) is 2.68. The van der Waals surface area contributed by atoms with Gasteiger partial charge in [0.2, 0.25) is 0 Å². The van der Waals surface area contributed by atoms with Gasteiger partial charge < -0.3 is 20.3 Å². The lowest BCUT2D eigenvalue weighted by atomic mass is 10.2. The Balaban J connectivity index is 0.000000902. The van der Waals surface area contributed by atoms with Crippen LogP contribution in [0.15, 0.2) is 18.3 Å². The van der Waals surface area contributed by atoms with Gasteiger partial charge in [-0.25, -0.2) is 0 Å². The van der Waals surface area contributed by atoms with Gasteiger partial charge in [-0.2, -0.15) is 0 Å². The highest BCUT2D eigenvalue weighted by Crippen LogP contribution is 2.25. The molecule has 1 aromatic rings. The number of pyridine rings is 1. The lowest BCUT2D eigenvalue weighted by molar-refractivity contribution is -0.389. The Hall–Kier alpha value is -1.11. The van der Waals surface area contributed by atoms with Gasteiger partial charge in [0.1, 0.15) is 0 Å². The number of nitrogens with one attached hydrogen (secondary N) is 1. The third-order valence-electron chi connectivity index (χ3n) is 3.50. The maximum atomic E-state index is 10.5. The van der Waals surface area contributed by atoms with E-state index in [1.165, 1.54) is 18.9 Å². The Kier molecular flexibility index (Phi) is 5.34.